The third kappa shape index (κ3) is 5.01. The molecule has 0 amide bonds. The molecule has 0 bridgehead atoms. The molecule has 0 N–H and O–H groups in total. The summed E-state index contributed by atoms with van der Waals surface area (Å²) >= 11 is 0. The molecule has 0 unspecified atom stereocenters. The van der Waals surface area contributed by atoms with Crippen LogP contribution in [0.5, 0.6) is 5.75 Å². The van der Waals surface area contributed by atoms with Crippen molar-refractivity contribution in [3.05, 3.63) is 51.9 Å². The highest BCUT2D eigenvalue weighted by Gasteiger charge is 2.18. The molecule has 0 aliphatic carbocycles. The highest BCUT2D eigenvalue weighted by Crippen LogP contribution is 2.19. The second-order valence-corrected chi connectivity index (χ2v) is 6.16. The van der Waals surface area contributed by atoms with Crippen LogP contribution in [-0.4, -0.2) is 59.2 Å². The third-order valence-corrected chi connectivity index (χ3v) is 4.23. The number of hydrogen-bond donors (Lipinski definition) is 0. The van der Waals surface area contributed by atoms with Crippen LogP contribution in [0.4, 0.5) is 5.69 Å². The highest BCUT2D eigenvalue weighted by molar-refractivity contribution is 5.37. The van der Waals surface area contributed by atoms with Crippen molar-refractivity contribution in [3.63, 3.8) is 0 Å². The van der Waals surface area contributed by atoms with Gasteiger partial charge in [-0.2, -0.15) is 0 Å². The maximum Gasteiger partial charge on any atom is 0.273 e. The smallest absolute Gasteiger partial charge is 0.273 e. The molecule has 1 saturated heterocycles. The molecule has 1 aromatic carbocycles. The molecule has 2 aromatic rings. The van der Waals surface area contributed by atoms with Gasteiger partial charge < -0.3 is 9.26 Å². The monoisotopic (exact) mass is 346 g/mol. The Kier molecular flexibility index (Phi) is 5.62. The summed E-state index contributed by atoms with van der Waals surface area (Å²) in [6, 6.07) is 8.26. The normalized spacial score (nSPS) is 16.0. The Balaban J connectivity index is 1.38. The third-order valence-electron chi connectivity index (χ3n) is 4.23. The van der Waals surface area contributed by atoms with E-state index in [0.29, 0.717) is 12.4 Å². The molecule has 1 fully saturated rings. The zero-order valence-electron chi connectivity index (χ0n) is 14.3. The van der Waals surface area contributed by atoms with Gasteiger partial charge in [0, 0.05) is 44.9 Å². The minimum atomic E-state index is -0.415. The van der Waals surface area contributed by atoms with E-state index in [1.165, 1.54) is 12.1 Å². The van der Waals surface area contributed by atoms with Crippen LogP contribution in [0.15, 0.2) is 34.9 Å². The Morgan fingerprint density at radius 1 is 1.24 bits per heavy atom. The lowest BCUT2D eigenvalue weighted by molar-refractivity contribution is -0.384. The summed E-state index contributed by atoms with van der Waals surface area (Å²) in [7, 11) is 0. The number of nitrogens with zero attached hydrogens (tertiary/aromatic N) is 4. The summed E-state index contributed by atoms with van der Waals surface area (Å²) in [5.74, 6) is 1.44. The van der Waals surface area contributed by atoms with Crippen LogP contribution in [0.25, 0.3) is 0 Å². The molecule has 1 aliphatic rings. The van der Waals surface area contributed by atoms with Crippen molar-refractivity contribution >= 4 is 5.69 Å². The van der Waals surface area contributed by atoms with E-state index in [1.807, 2.05) is 13.0 Å². The van der Waals surface area contributed by atoms with Crippen LogP contribution >= 0.6 is 0 Å². The highest BCUT2D eigenvalue weighted by atomic mass is 16.6. The molecule has 3 rings (SSSR count). The van der Waals surface area contributed by atoms with E-state index in [1.54, 1.807) is 12.1 Å². The van der Waals surface area contributed by atoms with Crippen molar-refractivity contribution in [1.29, 1.82) is 0 Å². The van der Waals surface area contributed by atoms with Crippen molar-refractivity contribution in [3.8, 4) is 5.75 Å². The van der Waals surface area contributed by atoms with Gasteiger partial charge in [0.1, 0.15) is 12.4 Å². The van der Waals surface area contributed by atoms with Crippen LogP contribution in [0.2, 0.25) is 0 Å². The minimum Gasteiger partial charge on any atom is -0.492 e. The number of hydrogen-bond acceptors (Lipinski definition) is 7. The van der Waals surface area contributed by atoms with E-state index in [4.69, 9.17) is 9.26 Å². The number of aryl methyl sites for hydroxylation is 1. The molecule has 25 heavy (non-hydrogen) atoms. The predicted molar refractivity (Wildman–Crippen MR) is 91.5 cm³/mol. The summed E-state index contributed by atoms with van der Waals surface area (Å²) in [4.78, 5) is 15.0. The van der Waals surface area contributed by atoms with Gasteiger partial charge in [-0.1, -0.05) is 11.2 Å². The quantitative estimate of drug-likeness (QED) is 0.560. The Morgan fingerprint density at radius 3 is 2.68 bits per heavy atom. The van der Waals surface area contributed by atoms with Crippen LogP contribution in [0.1, 0.15) is 11.5 Å². The molecule has 1 aliphatic heterocycles. The lowest BCUT2D eigenvalue weighted by Gasteiger charge is -2.33. The average molecular weight is 346 g/mol. The van der Waals surface area contributed by atoms with E-state index in [9.17, 15) is 10.1 Å². The van der Waals surface area contributed by atoms with Crippen molar-refractivity contribution in [1.82, 2.24) is 15.0 Å². The first-order chi connectivity index (χ1) is 12.1. The summed E-state index contributed by atoms with van der Waals surface area (Å²) in [5, 5.41) is 14.7. The molecule has 0 spiro atoms. The summed E-state index contributed by atoms with van der Waals surface area (Å²) in [6.07, 6.45) is 0. The number of rotatable bonds is 7. The zero-order chi connectivity index (χ0) is 17.6. The van der Waals surface area contributed by atoms with Crippen molar-refractivity contribution in [2.45, 2.75) is 13.5 Å². The predicted octanol–water partition coefficient (Wildman–Crippen LogP) is 2.09. The summed E-state index contributed by atoms with van der Waals surface area (Å²) < 4.78 is 10.9. The number of ether oxygens (including phenoxy) is 1. The Hall–Kier alpha value is -2.45. The van der Waals surface area contributed by atoms with Gasteiger partial charge in [-0.25, -0.2) is 0 Å². The van der Waals surface area contributed by atoms with Crippen LogP contribution in [-0.2, 0) is 6.54 Å². The van der Waals surface area contributed by atoms with Gasteiger partial charge in [-0.15, -0.1) is 0 Å². The second kappa shape index (κ2) is 8.09. The molecule has 0 atom stereocenters. The van der Waals surface area contributed by atoms with E-state index in [-0.39, 0.29) is 5.69 Å². The standard InChI is InChI=1S/C17H22N4O4/c1-14-11-17(25-18-14)13-20-7-5-19(6-8-20)9-10-24-16-4-2-3-15(12-16)21(22)23/h2-4,11-12H,5-10,13H2,1H3. The fourth-order valence-electron chi connectivity index (χ4n) is 2.86. The second-order valence-electron chi connectivity index (χ2n) is 6.16. The van der Waals surface area contributed by atoms with Crippen molar-refractivity contribution < 1.29 is 14.2 Å². The molecular formula is C17H22N4O4. The molecular weight excluding hydrogens is 324 g/mol. The van der Waals surface area contributed by atoms with Crippen LogP contribution in [0, 0.1) is 17.0 Å². The van der Waals surface area contributed by atoms with Crippen molar-refractivity contribution in [2.75, 3.05) is 39.3 Å². The first-order valence-electron chi connectivity index (χ1n) is 8.34. The topological polar surface area (TPSA) is 84.9 Å². The fraction of sp³-hybridized carbons (Fsp3) is 0.471. The molecule has 2 heterocycles. The summed E-state index contributed by atoms with van der Waals surface area (Å²) in [5.41, 5.74) is 0.959. The van der Waals surface area contributed by atoms with E-state index in [0.717, 1.165) is 50.7 Å². The Bertz CT molecular complexity index is 710. The number of piperazine rings is 1. The zero-order valence-corrected chi connectivity index (χ0v) is 14.3. The first-order valence-corrected chi connectivity index (χ1v) is 8.34. The number of non-ortho nitro benzene ring substituents is 1. The van der Waals surface area contributed by atoms with E-state index < -0.39 is 4.92 Å². The fourth-order valence-corrected chi connectivity index (χ4v) is 2.86. The van der Waals surface area contributed by atoms with Gasteiger partial charge in [0.2, 0.25) is 0 Å². The maximum absolute atomic E-state index is 10.8. The van der Waals surface area contributed by atoms with Gasteiger partial charge >= 0.3 is 0 Å². The summed E-state index contributed by atoms with van der Waals surface area (Å²) in [6.45, 7) is 7.90. The van der Waals surface area contributed by atoms with Gasteiger partial charge in [-0.3, -0.25) is 19.9 Å². The SMILES string of the molecule is Cc1cc(CN2CCN(CCOc3cccc([N+](=O)[O-])c3)CC2)on1. The van der Waals surface area contributed by atoms with Crippen LogP contribution < -0.4 is 4.74 Å². The van der Waals surface area contributed by atoms with Gasteiger partial charge in [0.25, 0.3) is 5.69 Å². The number of nitro benzene ring substituents is 1. The minimum absolute atomic E-state index is 0.0498. The molecule has 8 nitrogen and oxygen atoms in total. The average Bonchev–Trinajstić information content (AvgIpc) is 3.01. The maximum atomic E-state index is 10.8. The lowest BCUT2D eigenvalue weighted by atomic mass is 10.3. The lowest BCUT2D eigenvalue weighted by Crippen LogP contribution is -2.46. The first kappa shape index (κ1) is 17.4. The Labute approximate surface area is 146 Å². The van der Waals surface area contributed by atoms with Gasteiger partial charge in [-0.05, 0) is 13.0 Å². The van der Waals surface area contributed by atoms with Gasteiger partial charge in [0.15, 0.2) is 5.76 Å². The molecule has 0 saturated carbocycles. The molecule has 0 radical (unpaired) electrons. The molecule has 134 valence electrons. The van der Waals surface area contributed by atoms with Crippen LogP contribution in [0.3, 0.4) is 0 Å². The largest absolute Gasteiger partial charge is 0.492 e. The van der Waals surface area contributed by atoms with Gasteiger partial charge in [0.05, 0.1) is 23.2 Å². The van der Waals surface area contributed by atoms with E-state index >= 15 is 0 Å². The van der Waals surface area contributed by atoms with E-state index in [2.05, 4.69) is 15.0 Å². The Morgan fingerprint density at radius 2 is 2.00 bits per heavy atom. The number of nitro groups is 1. The number of benzene rings is 1. The molecule has 8 heteroatoms. The van der Waals surface area contributed by atoms with Crippen molar-refractivity contribution in [2.24, 2.45) is 0 Å². The number of aromatic nitrogens is 1. The molecule has 1 aromatic heterocycles.